The van der Waals surface area contributed by atoms with Crippen LogP contribution in [0.2, 0.25) is 0 Å². The summed E-state index contributed by atoms with van der Waals surface area (Å²) in [5.41, 5.74) is 5.04. The number of hydrogen-bond donors (Lipinski definition) is 1. The minimum atomic E-state index is 0. The number of rotatable bonds is 2. The molecule has 1 nitrogen and oxygen atoms in total. The van der Waals surface area contributed by atoms with Crippen molar-refractivity contribution in [1.82, 2.24) is 0 Å². The first kappa shape index (κ1) is 10.4. The van der Waals surface area contributed by atoms with E-state index in [2.05, 4.69) is 19.1 Å². The zero-order chi connectivity index (χ0) is 4.99. The SMILES string of the molecule is [CH2-]C[CH-]C(N)=S.[W+2]. The van der Waals surface area contributed by atoms with Crippen molar-refractivity contribution in [1.29, 1.82) is 0 Å². The van der Waals surface area contributed by atoms with Crippen LogP contribution in [-0.2, 0) is 21.1 Å². The van der Waals surface area contributed by atoms with E-state index in [1.807, 2.05) is 0 Å². The average molecular weight is 285 g/mol. The summed E-state index contributed by atoms with van der Waals surface area (Å²) >= 11 is 4.48. The van der Waals surface area contributed by atoms with Crippen molar-refractivity contribution < 1.29 is 21.1 Å². The third-order valence-corrected chi connectivity index (χ3v) is 0.512. The molecule has 0 aliphatic rings. The van der Waals surface area contributed by atoms with Crippen molar-refractivity contribution in [3.63, 3.8) is 0 Å². The van der Waals surface area contributed by atoms with E-state index in [-0.39, 0.29) is 21.1 Å². The molecule has 2 N–H and O–H groups in total. The van der Waals surface area contributed by atoms with Gasteiger partial charge >= 0.3 is 21.1 Å². The molecule has 0 aromatic carbocycles. The first-order chi connectivity index (χ1) is 2.77. The first-order valence-corrected chi connectivity index (χ1v) is 2.10. The van der Waals surface area contributed by atoms with Crippen LogP contribution < -0.4 is 5.73 Å². The molecule has 0 rings (SSSR count). The third-order valence-electron chi connectivity index (χ3n) is 0.346. The van der Waals surface area contributed by atoms with Gasteiger partial charge in [-0.1, -0.05) is 4.99 Å². The predicted octanol–water partition coefficient (Wildman–Crippen LogP) is 0.698. The molecule has 0 heterocycles. The molecule has 0 aromatic rings. The van der Waals surface area contributed by atoms with Gasteiger partial charge in [0.2, 0.25) is 0 Å². The van der Waals surface area contributed by atoms with Crippen LogP contribution in [0.15, 0.2) is 0 Å². The molecule has 0 saturated carbocycles. The summed E-state index contributed by atoms with van der Waals surface area (Å²) < 4.78 is 0. The van der Waals surface area contributed by atoms with Crippen molar-refractivity contribution in [2.45, 2.75) is 6.42 Å². The molecular weight excluding hydrogens is 278 g/mol. The average Bonchev–Trinajstić information content (AvgIpc) is 1.35. The summed E-state index contributed by atoms with van der Waals surface area (Å²) in [7, 11) is 0. The molecule has 0 saturated heterocycles. The first-order valence-electron chi connectivity index (χ1n) is 1.69. The van der Waals surface area contributed by atoms with Gasteiger partial charge in [0, 0.05) is 0 Å². The summed E-state index contributed by atoms with van der Waals surface area (Å²) in [5.74, 6) is 0. The van der Waals surface area contributed by atoms with E-state index < -0.39 is 0 Å². The fourth-order valence-electron chi connectivity index (χ4n) is 0.142. The number of hydrogen-bond acceptors (Lipinski definition) is 1. The zero-order valence-corrected chi connectivity index (χ0v) is 7.64. The van der Waals surface area contributed by atoms with Crippen molar-refractivity contribution in [3.05, 3.63) is 13.3 Å². The summed E-state index contributed by atoms with van der Waals surface area (Å²) in [4.78, 5) is 0.435. The van der Waals surface area contributed by atoms with Gasteiger partial charge in [0.25, 0.3) is 0 Å². The van der Waals surface area contributed by atoms with Gasteiger partial charge in [0.1, 0.15) is 0 Å². The van der Waals surface area contributed by atoms with Gasteiger partial charge in [0.15, 0.2) is 0 Å². The Kier molecular flexibility index (Phi) is 9.61. The third kappa shape index (κ3) is 10.7. The van der Waals surface area contributed by atoms with Crippen molar-refractivity contribution in [3.8, 4) is 0 Å². The molecule has 0 spiro atoms. The molecule has 0 aliphatic heterocycles. The van der Waals surface area contributed by atoms with Crippen molar-refractivity contribution in [2.24, 2.45) is 5.73 Å². The molecule has 7 heavy (non-hydrogen) atoms. The second-order valence-electron chi connectivity index (χ2n) is 0.895. The molecule has 0 unspecified atom stereocenters. The summed E-state index contributed by atoms with van der Waals surface area (Å²) in [6, 6.07) is 0. The van der Waals surface area contributed by atoms with Gasteiger partial charge in [-0.25, -0.2) is 0 Å². The Labute approximate surface area is 63.9 Å². The minimum Gasteiger partial charge on any atom is -0.418 e. The molecule has 0 amide bonds. The van der Waals surface area contributed by atoms with Crippen LogP contribution in [0.3, 0.4) is 0 Å². The van der Waals surface area contributed by atoms with Crippen LogP contribution in [0.4, 0.5) is 0 Å². The summed E-state index contributed by atoms with van der Waals surface area (Å²) in [6.45, 7) is 3.50. The van der Waals surface area contributed by atoms with E-state index in [0.717, 1.165) is 0 Å². The standard InChI is InChI=1S/C4H7NS.W/c1-2-3-4(5)6;/h3H,1-2H2,(H2,5,6);/q-2;+2. The summed E-state index contributed by atoms with van der Waals surface area (Å²) in [5, 5.41) is 0. The van der Waals surface area contributed by atoms with Crippen molar-refractivity contribution in [2.75, 3.05) is 0 Å². The van der Waals surface area contributed by atoms with Crippen LogP contribution >= 0.6 is 12.2 Å². The van der Waals surface area contributed by atoms with Gasteiger partial charge in [0.05, 0.1) is 0 Å². The maximum atomic E-state index is 5.04. The molecular formula is C4H7NSW. The monoisotopic (exact) mass is 285 g/mol. The van der Waals surface area contributed by atoms with Gasteiger partial charge in [-0.05, 0) is 0 Å². The Morgan fingerprint density at radius 3 is 2.29 bits per heavy atom. The maximum Gasteiger partial charge on any atom is 2.00 e. The van der Waals surface area contributed by atoms with Crippen LogP contribution in [0.25, 0.3) is 0 Å². The predicted molar refractivity (Wildman–Crippen MR) is 31.1 cm³/mol. The fraction of sp³-hybridized carbons (Fsp3) is 0.250. The van der Waals surface area contributed by atoms with Gasteiger partial charge < -0.3 is 19.1 Å². The van der Waals surface area contributed by atoms with Crippen LogP contribution in [0.1, 0.15) is 6.42 Å². The molecule has 0 aliphatic carbocycles. The smallest absolute Gasteiger partial charge is 0.418 e. The van der Waals surface area contributed by atoms with E-state index in [1.165, 1.54) is 0 Å². The molecule has 0 radical (unpaired) electrons. The Hall–Kier alpha value is 0.448. The van der Waals surface area contributed by atoms with Gasteiger partial charge in [-0.3, -0.25) is 6.42 Å². The van der Waals surface area contributed by atoms with E-state index in [0.29, 0.717) is 11.4 Å². The largest absolute Gasteiger partial charge is 2.00 e. The Morgan fingerprint density at radius 1 is 1.86 bits per heavy atom. The molecule has 0 fully saturated rings. The normalized spacial score (nSPS) is 6.43. The maximum absolute atomic E-state index is 5.04. The Morgan fingerprint density at radius 2 is 2.29 bits per heavy atom. The Balaban J connectivity index is 0. The minimum absolute atomic E-state index is 0. The van der Waals surface area contributed by atoms with Crippen LogP contribution in [0.5, 0.6) is 0 Å². The van der Waals surface area contributed by atoms with Gasteiger partial charge in [-0.2, -0.15) is 0 Å². The Bertz CT molecular complexity index is 55.7. The van der Waals surface area contributed by atoms with Crippen molar-refractivity contribution >= 4 is 17.2 Å². The van der Waals surface area contributed by atoms with E-state index in [4.69, 9.17) is 5.73 Å². The molecule has 0 atom stereocenters. The number of nitrogens with two attached hydrogens (primary N) is 1. The fourth-order valence-corrected chi connectivity index (χ4v) is 0.260. The second kappa shape index (κ2) is 6.45. The topological polar surface area (TPSA) is 26.0 Å². The van der Waals surface area contributed by atoms with E-state index >= 15 is 0 Å². The quantitative estimate of drug-likeness (QED) is 0.597. The van der Waals surface area contributed by atoms with Gasteiger partial charge in [-0.15, -0.1) is 12.2 Å². The summed E-state index contributed by atoms with van der Waals surface area (Å²) in [6.07, 6.45) is 2.38. The van der Waals surface area contributed by atoms with Crippen LogP contribution in [0, 0.1) is 13.3 Å². The van der Waals surface area contributed by atoms with E-state index in [1.54, 1.807) is 6.42 Å². The molecule has 0 bridgehead atoms. The number of thiocarbonyl (C=S) groups is 1. The van der Waals surface area contributed by atoms with Crippen LogP contribution in [-0.4, -0.2) is 4.99 Å². The molecule has 0 aromatic heterocycles. The molecule has 3 heteroatoms. The van der Waals surface area contributed by atoms with E-state index in [9.17, 15) is 0 Å². The molecule has 40 valence electrons. The second-order valence-corrected chi connectivity index (χ2v) is 1.37. The zero-order valence-electron chi connectivity index (χ0n) is 3.89.